The summed E-state index contributed by atoms with van der Waals surface area (Å²) >= 11 is 6.32. The van der Waals surface area contributed by atoms with Crippen LogP contribution in [0, 0.1) is 11.8 Å². The van der Waals surface area contributed by atoms with Gasteiger partial charge in [-0.2, -0.15) is 0 Å². The van der Waals surface area contributed by atoms with Crippen molar-refractivity contribution in [3.8, 4) is 0 Å². The summed E-state index contributed by atoms with van der Waals surface area (Å²) in [6, 6.07) is -1.06. The largest absolute Gasteiger partial charge is 0.444 e. The van der Waals surface area contributed by atoms with E-state index in [9.17, 15) is 14.0 Å². The van der Waals surface area contributed by atoms with Crippen LogP contribution in [0.15, 0.2) is 48.2 Å². The van der Waals surface area contributed by atoms with Crippen molar-refractivity contribution < 1.29 is 23.1 Å². The molecule has 1 heterocycles. The number of nitrogens with zero attached hydrogens (tertiary/aromatic N) is 1. The number of allylic oxidation sites excluding steroid dienone is 8. The molecule has 2 amide bonds. The van der Waals surface area contributed by atoms with Crippen LogP contribution in [0.5, 0.6) is 0 Å². The molecular formula is C22H27ClF2N2O3. The maximum absolute atomic E-state index is 15.2. The number of nitrogens with one attached hydrogen (secondary N) is 1. The molecule has 5 nitrogen and oxygen atoms in total. The summed E-state index contributed by atoms with van der Waals surface area (Å²) in [5.41, 5.74) is -0.702. The molecule has 30 heavy (non-hydrogen) atoms. The Morgan fingerprint density at radius 3 is 2.47 bits per heavy atom. The molecule has 1 N–H and O–H groups in total. The van der Waals surface area contributed by atoms with Gasteiger partial charge in [0.2, 0.25) is 5.91 Å². The topological polar surface area (TPSA) is 58.6 Å². The second kappa shape index (κ2) is 8.92. The van der Waals surface area contributed by atoms with Crippen LogP contribution in [0.25, 0.3) is 0 Å². The Hall–Kier alpha value is -2.15. The van der Waals surface area contributed by atoms with Gasteiger partial charge in [0, 0.05) is 18.3 Å². The lowest BCUT2D eigenvalue weighted by Gasteiger charge is -2.32. The Morgan fingerprint density at radius 1 is 1.13 bits per heavy atom. The Bertz CT molecular complexity index is 803. The first-order valence-electron chi connectivity index (χ1n) is 10.0. The summed E-state index contributed by atoms with van der Waals surface area (Å²) in [7, 11) is 0. The molecule has 3 aliphatic rings. The predicted octanol–water partition coefficient (Wildman–Crippen LogP) is 4.21. The lowest BCUT2D eigenvalue weighted by Crippen LogP contribution is -2.48. The molecule has 1 aliphatic heterocycles. The minimum absolute atomic E-state index is 0.0748. The first-order valence-corrected chi connectivity index (χ1v) is 10.5. The van der Waals surface area contributed by atoms with Gasteiger partial charge < -0.3 is 10.1 Å². The Labute approximate surface area is 180 Å². The van der Waals surface area contributed by atoms with Gasteiger partial charge in [0.15, 0.2) is 0 Å². The standard InChI is InChI=1S/C22H27ClF2N2O3/c1-22(2,3)30-21(29)27-12-13(24)11-18(27)20(28)26-17-10-6-8-15(19(17)25)14-7-4-5-9-16(14)23/h4-10,13-16,18-19H,11-12H2,1-3H3,(H,26,28). The number of halogens is 3. The van der Waals surface area contributed by atoms with Crippen LogP contribution in [0.3, 0.4) is 0 Å². The van der Waals surface area contributed by atoms with Crippen molar-refractivity contribution in [1.82, 2.24) is 10.2 Å². The molecule has 0 radical (unpaired) electrons. The Kier molecular flexibility index (Phi) is 6.70. The highest BCUT2D eigenvalue weighted by molar-refractivity contribution is 6.22. The first kappa shape index (κ1) is 22.5. The van der Waals surface area contributed by atoms with E-state index in [1.165, 1.54) is 6.08 Å². The Morgan fingerprint density at radius 2 is 1.80 bits per heavy atom. The average molecular weight is 441 g/mol. The zero-order chi connectivity index (χ0) is 22.1. The number of carbonyl (C=O) groups is 2. The quantitative estimate of drug-likeness (QED) is 0.669. The Balaban J connectivity index is 1.69. The molecule has 6 atom stereocenters. The molecule has 0 spiro atoms. The number of hydrogen-bond donors (Lipinski definition) is 1. The van der Waals surface area contributed by atoms with Gasteiger partial charge in [-0.25, -0.2) is 13.6 Å². The fourth-order valence-electron chi connectivity index (χ4n) is 3.84. The summed E-state index contributed by atoms with van der Waals surface area (Å²) in [6.45, 7) is 4.83. The van der Waals surface area contributed by atoms with Gasteiger partial charge in [-0.3, -0.25) is 9.69 Å². The third-order valence-corrected chi connectivity index (χ3v) is 5.68. The first-order chi connectivity index (χ1) is 14.1. The molecule has 0 aromatic heterocycles. The van der Waals surface area contributed by atoms with Gasteiger partial charge in [-0.05, 0) is 26.8 Å². The number of hydrogen-bond acceptors (Lipinski definition) is 3. The van der Waals surface area contributed by atoms with Gasteiger partial charge in [-0.15, -0.1) is 11.6 Å². The second-order valence-electron chi connectivity index (χ2n) is 8.75. The fraction of sp³-hybridized carbons (Fsp3) is 0.545. The molecule has 1 saturated heterocycles. The minimum Gasteiger partial charge on any atom is -0.444 e. The number of rotatable bonds is 3. The summed E-state index contributed by atoms with van der Waals surface area (Å²) < 4.78 is 34.5. The molecule has 1 fully saturated rings. The van der Waals surface area contributed by atoms with E-state index in [-0.39, 0.29) is 30.0 Å². The van der Waals surface area contributed by atoms with Crippen LogP contribution in [-0.2, 0) is 9.53 Å². The van der Waals surface area contributed by atoms with Crippen LogP contribution in [0.2, 0.25) is 0 Å². The summed E-state index contributed by atoms with van der Waals surface area (Å²) in [5.74, 6) is -1.44. The molecular weight excluding hydrogens is 414 g/mol. The minimum atomic E-state index is -1.49. The monoisotopic (exact) mass is 440 g/mol. The van der Waals surface area contributed by atoms with Crippen molar-refractivity contribution in [2.75, 3.05) is 6.54 Å². The van der Waals surface area contributed by atoms with Crippen molar-refractivity contribution in [1.29, 1.82) is 0 Å². The average Bonchev–Trinajstić information content (AvgIpc) is 3.05. The molecule has 0 saturated carbocycles. The number of ether oxygens (including phenoxy) is 1. The zero-order valence-electron chi connectivity index (χ0n) is 17.2. The molecule has 6 unspecified atom stereocenters. The lowest BCUT2D eigenvalue weighted by atomic mass is 9.80. The highest BCUT2D eigenvalue weighted by Gasteiger charge is 2.43. The summed E-state index contributed by atoms with van der Waals surface area (Å²) in [5, 5.41) is 2.20. The van der Waals surface area contributed by atoms with Crippen LogP contribution in [-0.4, -0.2) is 52.8 Å². The van der Waals surface area contributed by atoms with E-state index in [4.69, 9.17) is 16.3 Å². The number of carbonyl (C=O) groups excluding carboxylic acids is 2. The van der Waals surface area contributed by atoms with E-state index in [2.05, 4.69) is 5.32 Å². The summed E-state index contributed by atoms with van der Waals surface area (Å²) in [4.78, 5) is 26.3. The summed E-state index contributed by atoms with van der Waals surface area (Å²) in [6.07, 6.45) is 8.38. The van der Waals surface area contributed by atoms with Crippen LogP contribution in [0.1, 0.15) is 27.2 Å². The van der Waals surface area contributed by atoms with Gasteiger partial charge in [0.05, 0.1) is 17.6 Å². The highest BCUT2D eigenvalue weighted by atomic mass is 35.5. The van der Waals surface area contributed by atoms with Crippen molar-refractivity contribution >= 4 is 23.6 Å². The number of likely N-dealkylation sites (tertiary alicyclic amines) is 1. The number of amides is 2. The van der Waals surface area contributed by atoms with Crippen molar-refractivity contribution in [2.45, 2.75) is 56.6 Å². The van der Waals surface area contributed by atoms with Crippen LogP contribution >= 0.6 is 11.6 Å². The smallest absolute Gasteiger partial charge is 0.411 e. The maximum atomic E-state index is 15.2. The van der Waals surface area contributed by atoms with Gasteiger partial charge in [0.25, 0.3) is 0 Å². The molecule has 3 rings (SSSR count). The van der Waals surface area contributed by atoms with Crippen LogP contribution < -0.4 is 5.32 Å². The van der Waals surface area contributed by atoms with Gasteiger partial charge >= 0.3 is 6.09 Å². The zero-order valence-corrected chi connectivity index (χ0v) is 18.0. The normalized spacial score (nSPS) is 33.4. The molecule has 0 aromatic rings. The molecule has 0 bridgehead atoms. The third kappa shape index (κ3) is 5.12. The molecule has 0 aromatic carbocycles. The van der Waals surface area contributed by atoms with E-state index in [1.54, 1.807) is 39.0 Å². The van der Waals surface area contributed by atoms with E-state index >= 15 is 4.39 Å². The molecule has 2 aliphatic carbocycles. The number of alkyl halides is 3. The maximum Gasteiger partial charge on any atom is 0.411 e. The molecule has 8 heteroatoms. The van der Waals surface area contributed by atoms with Gasteiger partial charge in [0.1, 0.15) is 24.0 Å². The highest BCUT2D eigenvalue weighted by Crippen LogP contribution is 2.35. The predicted molar refractivity (Wildman–Crippen MR) is 111 cm³/mol. The fourth-order valence-corrected chi connectivity index (χ4v) is 4.17. The van der Waals surface area contributed by atoms with Crippen molar-refractivity contribution in [3.05, 3.63) is 48.2 Å². The van der Waals surface area contributed by atoms with Crippen LogP contribution in [0.4, 0.5) is 13.6 Å². The lowest BCUT2D eigenvalue weighted by molar-refractivity contribution is -0.125. The van der Waals surface area contributed by atoms with Crippen molar-refractivity contribution in [2.24, 2.45) is 11.8 Å². The SMILES string of the molecule is CC(C)(C)OC(=O)N1CC(F)CC1C(=O)NC1=CC=CC(C2C=CC=CC2Cl)C1F. The molecule has 164 valence electrons. The second-order valence-corrected chi connectivity index (χ2v) is 9.25. The van der Waals surface area contributed by atoms with E-state index in [0.29, 0.717) is 0 Å². The van der Waals surface area contributed by atoms with E-state index < -0.39 is 41.9 Å². The van der Waals surface area contributed by atoms with Gasteiger partial charge in [-0.1, -0.05) is 36.5 Å². The third-order valence-electron chi connectivity index (χ3n) is 5.24. The van der Waals surface area contributed by atoms with E-state index in [0.717, 1.165) is 4.90 Å². The van der Waals surface area contributed by atoms with Crippen molar-refractivity contribution in [3.63, 3.8) is 0 Å². The van der Waals surface area contributed by atoms with E-state index in [1.807, 2.05) is 18.2 Å².